The molecule has 0 atom stereocenters. The number of aromatic nitrogens is 5. The van der Waals surface area contributed by atoms with E-state index in [0.29, 0.717) is 16.5 Å². The molecule has 2 aromatic heterocycles. The normalized spacial score (nSPS) is 10.9. The van der Waals surface area contributed by atoms with Crippen molar-refractivity contribution in [1.29, 1.82) is 0 Å². The first-order chi connectivity index (χ1) is 12.6. The van der Waals surface area contributed by atoms with Gasteiger partial charge in [0.1, 0.15) is 12.1 Å². The molecule has 0 amide bonds. The minimum Gasteiger partial charge on any atom is -0.419 e. The highest BCUT2D eigenvalue weighted by atomic mass is 16.6. The van der Waals surface area contributed by atoms with E-state index in [4.69, 9.17) is 4.42 Å². The maximum Gasteiger partial charge on any atom is 0.278 e. The van der Waals surface area contributed by atoms with Crippen LogP contribution in [0.1, 0.15) is 5.89 Å². The Morgan fingerprint density at radius 3 is 2.58 bits per heavy atom. The van der Waals surface area contributed by atoms with Crippen molar-refractivity contribution in [2.75, 3.05) is 0 Å². The van der Waals surface area contributed by atoms with Crippen molar-refractivity contribution in [3.8, 4) is 11.5 Å². The number of non-ortho nitro benzene ring substituents is 1. The third-order valence-electron chi connectivity index (χ3n) is 3.71. The highest BCUT2D eigenvalue weighted by Crippen LogP contribution is 2.21. The van der Waals surface area contributed by atoms with Crippen LogP contribution in [0.5, 0.6) is 0 Å². The molecule has 0 aliphatic heterocycles. The van der Waals surface area contributed by atoms with Gasteiger partial charge in [-0.1, -0.05) is 17.3 Å². The first-order valence-electron chi connectivity index (χ1n) is 7.51. The Kier molecular flexibility index (Phi) is 3.69. The minimum absolute atomic E-state index is 0.0311. The molecule has 0 N–H and O–H groups in total. The number of nitrogens with zero attached hydrogens (tertiary/aromatic N) is 6. The molecule has 0 fully saturated rings. The zero-order chi connectivity index (χ0) is 18.1. The van der Waals surface area contributed by atoms with Crippen molar-refractivity contribution in [1.82, 2.24) is 25.2 Å². The molecule has 0 aliphatic carbocycles. The topological polar surface area (TPSA) is 130 Å². The number of rotatable bonds is 4. The van der Waals surface area contributed by atoms with Crippen molar-refractivity contribution in [2.24, 2.45) is 0 Å². The maximum absolute atomic E-state index is 12.4. The Morgan fingerprint density at radius 1 is 1.04 bits per heavy atom. The highest BCUT2D eigenvalue weighted by Gasteiger charge is 2.13. The number of fused-ring (bicyclic) bond motifs is 1. The summed E-state index contributed by atoms with van der Waals surface area (Å²) in [5, 5.41) is 26.8. The molecular formula is C16H10N6O4. The highest BCUT2D eigenvalue weighted by molar-refractivity contribution is 5.76. The molecule has 10 heteroatoms. The molecule has 0 spiro atoms. The van der Waals surface area contributed by atoms with Crippen LogP contribution in [0.2, 0.25) is 0 Å². The molecule has 10 nitrogen and oxygen atoms in total. The third-order valence-corrected chi connectivity index (χ3v) is 3.71. The van der Waals surface area contributed by atoms with Gasteiger partial charge in [-0.05, 0) is 24.3 Å². The lowest BCUT2D eigenvalue weighted by atomic mass is 10.2. The number of nitro benzene ring substituents is 1. The molecular weight excluding hydrogens is 340 g/mol. The van der Waals surface area contributed by atoms with Crippen LogP contribution in [-0.4, -0.2) is 30.1 Å². The van der Waals surface area contributed by atoms with Gasteiger partial charge in [-0.3, -0.25) is 14.9 Å². The summed E-state index contributed by atoms with van der Waals surface area (Å²) in [6, 6.07) is 12.6. The van der Waals surface area contributed by atoms with E-state index in [2.05, 4.69) is 20.5 Å². The molecule has 0 radical (unpaired) electrons. The summed E-state index contributed by atoms with van der Waals surface area (Å²) in [5.74, 6) is 0.363. The molecule has 2 aromatic carbocycles. The zero-order valence-corrected chi connectivity index (χ0v) is 13.1. The van der Waals surface area contributed by atoms with E-state index < -0.39 is 4.92 Å². The van der Waals surface area contributed by atoms with Crippen LogP contribution in [-0.2, 0) is 6.54 Å². The summed E-state index contributed by atoms with van der Waals surface area (Å²) >= 11 is 0. The Balaban J connectivity index is 1.62. The lowest BCUT2D eigenvalue weighted by Crippen LogP contribution is -2.24. The van der Waals surface area contributed by atoms with Gasteiger partial charge in [-0.15, -0.1) is 15.3 Å². The first-order valence-corrected chi connectivity index (χ1v) is 7.51. The van der Waals surface area contributed by atoms with Crippen molar-refractivity contribution in [3.63, 3.8) is 0 Å². The van der Waals surface area contributed by atoms with Crippen LogP contribution in [0.25, 0.3) is 22.4 Å². The molecule has 0 aliphatic rings. The molecule has 0 saturated carbocycles. The third kappa shape index (κ3) is 2.79. The molecule has 2 heterocycles. The average Bonchev–Trinajstić information content (AvgIpc) is 3.13. The number of hydrogen-bond donors (Lipinski definition) is 0. The van der Waals surface area contributed by atoms with Gasteiger partial charge in [0.25, 0.3) is 11.2 Å². The van der Waals surface area contributed by atoms with Crippen LogP contribution < -0.4 is 5.56 Å². The minimum atomic E-state index is -0.492. The molecule has 0 saturated heterocycles. The summed E-state index contributed by atoms with van der Waals surface area (Å²) in [5.41, 5.74) is 0.689. The van der Waals surface area contributed by atoms with E-state index >= 15 is 0 Å². The quantitative estimate of drug-likeness (QED) is 0.402. The van der Waals surface area contributed by atoms with E-state index in [0.717, 1.165) is 4.68 Å². The van der Waals surface area contributed by atoms with Crippen molar-refractivity contribution in [3.05, 3.63) is 74.9 Å². The van der Waals surface area contributed by atoms with Gasteiger partial charge in [0, 0.05) is 17.7 Å². The molecule has 0 unspecified atom stereocenters. The van der Waals surface area contributed by atoms with Gasteiger partial charge in [0.2, 0.25) is 11.8 Å². The lowest BCUT2D eigenvalue weighted by molar-refractivity contribution is -0.384. The van der Waals surface area contributed by atoms with Gasteiger partial charge in [-0.25, -0.2) is 4.68 Å². The smallest absolute Gasteiger partial charge is 0.278 e. The monoisotopic (exact) mass is 350 g/mol. The summed E-state index contributed by atoms with van der Waals surface area (Å²) < 4.78 is 6.66. The molecule has 128 valence electrons. The van der Waals surface area contributed by atoms with E-state index in [9.17, 15) is 14.9 Å². The number of benzene rings is 2. The van der Waals surface area contributed by atoms with Crippen LogP contribution in [0.4, 0.5) is 5.69 Å². The fourth-order valence-corrected chi connectivity index (χ4v) is 2.41. The van der Waals surface area contributed by atoms with Crippen molar-refractivity contribution >= 4 is 16.6 Å². The fourth-order valence-electron chi connectivity index (χ4n) is 2.41. The van der Waals surface area contributed by atoms with E-state index in [1.165, 1.54) is 24.3 Å². The SMILES string of the molecule is O=c1c2ccccc2nnn1Cc1nnc(-c2ccc([N+](=O)[O-])cc2)o1. The standard InChI is InChI=1S/C16H10N6O4/c23-16-12-3-1-2-4-13(12)17-20-21(16)9-14-18-19-15(26-14)10-5-7-11(8-6-10)22(24)25/h1-8H,9H2. The van der Waals surface area contributed by atoms with Gasteiger partial charge in [0.05, 0.1) is 10.3 Å². The predicted molar refractivity (Wildman–Crippen MR) is 89.3 cm³/mol. The van der Waals surface area contributed by atoms with Crippen molar-refractivity contribution < 1.29 is 9.34 Å². The van der Waals surface area contributed by atoms with Crippen LogP contribution in [0.3, 0.4) is 0 Å². The molecule has 4 aromatic rings. The Bertz CT molecular complexity index is 1170. The van der Waals surface area contributed by atoms with Gasteiger partial charge < -0.3 is 4.42 Å². The average molecular weight is 350 g/mol. The van der Waals surface area contributed by atoms with Crippen LogP contribution in [0, 0.1) is 10.1 Å². The van der Waals surface area contributed by atoms with E-state index in [1.54, 1.807) is 24.3 Å². The van der Waals surface area contributed by atoms with E-state index in [-0.39, 0.29) is 29.6 Å². The van der Waals surface area contributed by atoms with Gasteiger partial charge in [0.15, 0.2) is 0 Å². The Morgan fingerprint density at radius 2 is 1.81 bits per heavy atom. The molecule has 0 bridgehead atoms. The first kappa shape index (κ1) is 15.6. The van der Waals surface area contributed by atoms with Crippen LogP contribution in [0.15, 0.2) is 57.7 Å². The van der Waals surface area contributed by atoms with Crippen LogP contribution >= 0.6 is 0 Å². The second kappa shape index (κ2) is 6.16. The van der Waals surface area contributed by atoms with Crippen molar-refractivity contribution in [2.45, 2.75) is 6.54 Å². The van der Waals surface area contributed by atoms with E-state index in [1.807, 2.05) is 0 Å². The Labute approximate surface area is 144 Å². The molecule has 4 rings (SSSR count). The largest absolute Gasteiger partial charge is 0.419 e. The lowest BCUT2D eigenvalue weighted by Gasteiger charge is -2.01. The number of hydrogen-bond acceptors (Lipinski definition) is 8. The number of nitro groups is 1. The summed E-state index contributed by atoms with van der Waals surface area (Å²) in [7, 11) is 0. The molecule has 26 heavy (non-hydrogen) atoms. The zero-order valence-electron chi connectivity index (χ0n) is 13.1. The summed E-state index contributed by atoms with van der Waals surface area (Å²) in [4.78, 5) is 22.6. The Hall–Kier alpha value is -3.95. The summed E-state index contributed by atoms with van der Waals surface area (Å²) in [6.45, 7) is -0.0311. The maximum atomic E-state index is 12.4. The van der Waals surface area contributed by atoms with Gasteiger partial charge >= 0.3 is 0 Å². The fraction of sp³-hybridized carbons (Fsp3) is 0.0625. The summed E-state index contributed by atoms with van der Waals surface area (Å²) in [6.07, 6.45) is 0. The second-order valence-electron chi connectivity index (χ2n) is 5.37. The van der Waals surface area contributed by atoms with Gasteiger partial charge in [-0.2, -0.15) is 0 Å². The second-order valence-corrected chi connectivity index (χ2v) is 5.37. The predicted octanol–water partition coefficient (Wildman–Crippen LogP) is 1.80.